The minimum absolute atomic E-state index is 0.0408. The minimum Gasteiger partial charge on any atom is -0.309 e. The zero-order valence-corrected chi connectivity index (χ0v) is 8.83. The van der Waals surface area contributed by atoms with Crippen molar-refractivity contribution in [3.8, 4) is 0 Å². The third kappa shape index (κ3) is 3.34. The Hall–Kier alpha value is -1.39. The quantitative estimate of drug-likeness (QED) is 0.363. The maximum atomic E-state index is 10.7. The van der Waals surface area contributed by atoms with Gasteiger partial charge in [0.25, 0.3) is 5.69 Å². The van der Waals surface area contributed by atoms with Crippen molar-refractivity contribution in [1.29, 1.82) is 0 Å². The van der Waals surface area contributed by atoms with Gasteiger partial charge in [-0.3, -0.25) is 10.1 Å². The SMILES string of the molecule is C=CCNCc1ccc(Cl)cc1[N+](=O)[O-]. The van der Waals surface area contributed by atoms with Crippen LogP contribution in [0.4, 0.5) is 5.69 Å². The first kappa shape index (κ1) is 11.7. The van der Waals surface area contributed by atoms with Crippen molar-refractivity contribution < 1.29 is 4.92 Å². The van der Waals surface area contributed by atoms with Crippen molar-refractivity contribution in [3.63, 3.8) is 0 Å². The van der Waals surface area contributed by atoms with E-state index in [1.807, 2.05) is 0 Å². The predicted octanol–water partition coefficient (Wildman–Crippen LogP) is 2.52. The molecule has 5 heteroatoms. The largest absolute Gasteiger partial charge is 0.309 e. The highest BCUT2D eigenvalue weighted by Gasteiger charge is 2.13. The van der Waals surface area contributed by atoms with E-state index in [9.17, 15) is 10.1 Å². The summed E-state index contributed by atoms with van der Waals surface area (Å²) in [4.78, 5) is 10.3. The van der Waals surface area contributed by atoms with Gasteiger partial charge >= 0.3 is 0 Å². The molecule has 0 atom stereocenters. The van der Waals surface area contributed by atoms with Gasteiger partial charge in [-0.25, -0.2) is 0 Å². The lowest BCUT2D eigenvalue weighted by Crippen LogP contribution is -2.13. The van der Waals surface area contributed by atoms with Crippen LogP contribution in [0, 0.1) is 10.1 Å². The number of rotatable bonds is 5. The van der Waals surface area contributed by atoms with Gasteiger partial charge in [-0.1, -0.05) is 17.7 Å². The van der Waals surface area contributed by atoms with E-state index in [1.54, 1.807) is 18.2 Å². The second kappa shape index (κ2) is 5.48. The fourth-order valence-electron chi connectivity index (χ4n) is 1.17. The molecule has 0 aliphatic rings. The Labute approximate surface area is 92.7 Å². The van der Waals surface area contributed by atoms with Crippen molar-refractivity contribution >= 4 is 17.3 Å². The first-order valence-corrected chi connectivity index (χ1v) is 4.77. The molecule has 0 spiro atoms. The van der Waals surface area contributed by atoms with Gasteiger partial charge in [0, 0.05) is 29.7 Å². The summed E-state index contributed by atoms with van der Waals surface area (Å²) < 4.78 is 0. The van der Waals surface area contributed by atoms with Crippen LogP contribution in [0.5, 0.6) is 0 Å². The first-order chi connectivity index (χ1) is 7.15. The van der Waals surface area contributed by atoms with Gasteiger partial charge < -0.3 is 5.32 Å². The van der Waals surface area contributed by atoms with Gasteiger partial charge in [0.05, 0.1) is 4.92 Å². The zero-order chi connectivity index (χ0) is 11.3. The molecule has 15 heavy (non-hydrogen) atoms. The lowest BCUT2D eigenvalue weighted by Gasteiger charge is -2.03. The molecule has 1 aromatic carbocycles. The Morgan fingerprint density at radius 2 is 2.33 bits per heavy atom. The summed E-state index contributed by atoms with van der Waals surface area (Å²) in [5.74, 6) is 0. The van der Waals surface area contributed by atoms with E-state index in [2.05, 4.69) is 11.9 Å². The highest BCUT2D eigenvalue weighted by molar-refractivity contribution is 6.30. The van der Waals surface area contributed by atoms with Crippen LogP contribution >= 0.6 is 11.6 Å². The van der Waals surface area contributed by atoms with Crippen LogP contribution < -0.4 is 5.32 Å². The summed E-state index contributed by atoms with van der Waals surface area (Å²) in [5, 5.41) is 14.1. The van der Waals surface area contributed by atoms with Crippen molar-refractivity contribution in [2.75, 3.05) is 6.54 Å². The Kier molecular flexibility index (Phi) is 4.27. The molecule has 0 heterocycles. The molecule has 0 aliphatic carbocycles. The molecule has 0 bridgehead atoms. The number of hydrogen-bond donors (Lipinski definition) is 1. The molecule has 80 valence electrons. The summed E-state index contributed by atoms with van der Waals surface area (Å²) >= 11 is 5.68. The van der Waals surface area contributed by atoms with E-state index < -0.39 is 4.92 Å². The van der Waals surface area contributed by atoms with Crippen LogP contribution in [-0.4, -0.2) is 11.5 Å². The second-order valence-corrected chi connectivity index (χ2v) is 3.39. The lowest BCUT2D eigenvalue weighted by atomic mass is 10.2. The maximum Gasteiger partial charge on any atom is 0.275 e. The Balaban J connectivity index is 2.85. The maximum absolute atomic E-state index is 10.7. The molecule has 0 aromatic heterocycles. The number of hydrogen-bond acceptors (Lipinski definition) is 3. The molecule has 1 aromatic rings. The number of nitrogens with one attached hydrogen (secondary N) is 1. The molecular weight excluding hydrogens is 216 g/mol. The number of nitrogens with zero attached hydrogens (tertiary/aromatic N) is 1. The highest BCUT2D eigenvalue weighted by Crippen LogP contribution is 2.22. The molecule has 0 saturated carbocycles. The summed E-state index contributed by atoms with van der Waals surface area (Å²) in [7, 11) is 0. The number of nitro benzene ring substituents is 1. The van der Waals surface area contributed by atoms with E-state index >= 15 is 0 Å². The van der Waals surface area contributed by atoms with Crippen molar-refractivity contribution in [1.82, 2.24) is 5.32 Å². The summed E-state index contributed by atoms with van der Waals surface area (Å²) in [5.41, 5.74) is 0.658. The van der Waals surface area contributed by atoms with Crippen LogP contribution in [0.15, 0.2) is 30.9 Å². The highest BCUT2D eigenvalue weighted by atomic mass is 35.5. The monoisotopic (exact) mass is 226 g/mol. The molecule has 0 saturated heterocycles. The molecule has 1 rings (SSSR count). The molecule has 0 radical (unpaired) electrons. The van der Waals surface area contributed by atoms with Crippen LogP contribution in [0.3, 0.4) is 0 Å². The van der Waals surface area contributed by atoms with E-state index in [-0.39, 0.29) is 5.69 Å². The molecule has 0 aliphatic heterocycles. The van der Waals surface area contributed by atoms with Crippen molar-refractivity contribution in [2.45, 2.75) is 6.54 Å². The van der Waals surface area contributed by atoms with Crippen LogP contribution in [0.25, 0.3) is 0 Å². The summed E-state index contributed by atoms with van der Waals surface area (Å²) in [6, 6.07) is 4.64. The molecular formula is C10H11ClN2O2. The summed E-state index contributed by atoms with van der Waals surface area (Å²) in [6.07, 6.45) is 1.70. The number of benzene rings is 1. The van der Waals surface area contributed by atoms with Crippen molar-refractivity contribution in [3.05, 3.63) is 51.6 Å². The molecule has 4 nitrogen and oxygen atoms in total. The fraction of sp³-hybridized carbons (Fsp3) is 0.200. The van der Waals surface area contributed by atoms with Gasteiger partial charge in [0.15, 0.2) is 0 Å². The van der Waals surface area contributed by atoms with Gasteiger partial charge in [0.1, 0.15) is 0 Å². The van der Waals surface area contributed by atoms with Gasteiger partial charge in [0.2, 0.25) is 0 Å². The zero-order valence-electron chi connectivity index (χ0n) is 8.07. The second-order valence-electron chi connectivity index (χ2n) is 2.95. The van der Waals surface area contributed by atoms with E-state index in [1.165, 1.54) is 6.07 Å². The number of nitro groups is 1. The van der Waals surface area contributed by atoms with Crippen molar-refractivity contribution in [2.24, 2.45) is 0 Å². The Morgan fingerprint density at radius 3 is 2.93 bits per heavy atom. The van der Waals surface area contributed by atoms with Gasteiger partial charge in [-0.05, 0) is 12.1 Å². The van der Waals surface area contributed by atoms with Gasteiger partial charge in [-0.15, -0.1) is 6.58 Å². The first-order valence-electron chi connectivity index (χ1n) is 4.39. The van der Waals surface area contributed by atoms with Crippen LogP contribution in [0.2, 0.25) is 5.02 Å². The average molecular weight is 227 g/mol. The normalized spacial score (nSPS) is 9.93. The van der Waals surface area contributed by atoms with E-state index in [0.29, 0.717) is 23.7 Å². The molecule has 0 fully saturated rings. The molecule has 0 amide bonds. The Morgan fingerprint density at radius 1 is 1.60 bits per heavy atom. The standard InChI is InChI=1S/C10H11ClN2O2/c1-2-5-12-7-8-3-4-9(11)6-10(8)13(14)15/h2-4,6,12H,1,5,7H2. The smallest absolute Gasteiger partial charge is 0.275 e. The molecule has 0 unspecified atom stereocenters. The third-order valence-corrected chi connectivity index (χ3v) is 2.08. The predicted molar refractivity (Wildman–Crippen MR) is 60.0 cm³/mol. The molecule has 1 N–H and O–H groups in total. The lowest BCUT2D eigenvalue weighted by molar-refractivity contribution is -0.385. The van der Waals surface area contributed by atoms with Gasteiger partial charge in [-0.2, -0.15) is 0 Å². The minimum atomic E-state index is -0.434. The van der Waals surface area contributed by atoms with E-state index in [0.717, 1.165) is 0 Å². The Bertz CT molecular complexity index is 380. The van der Waals surface area contributed by atoms with Crippen LogP contribution in [0.1, 0.15) is 5.56 Å². The summed E-state index contributed by atoms with van der Waals surface area (Å²) in [6.45, 7) is 4.59. The number of halogens is 1. The third-order valence-electron chi connectivity index (χ3n) is 1.85. The van der Waals surface area contributed by atoms with E-state index in [4.69, 9.17) is 11.6 Å². The van der Waals surface area contributed by atoms with Crippen LogP contribution in [-0.2, 0) is 6.54 Å². The topological polar surface area (TPSA) is 55.2 Å². The fourth-order valence-corrected chi connectivity index (χ4v) is 1.33. The average Bonchev–Trinajstić information content (AvgIpc) is 2.20.